The molecular weight excluding hydrogens is 298 g/mol. The first-order chi connectivity index (χ1) is 10.4. The Labute approximate surface area is 138 Å². The first-order valence-corrected chi connectivity index (χ1v) is 8.05. The van der Waals surface area contributed by atoms with Gasteiger partial charge in [-0.25, -0.2) is 4.79 Å². The van der Waals surface area contributed by atoms with E-state index in [1.807, 2.05) is 60.6 Å². The monoisotopic (exact) mass is 327 g/mol. The zero-order valence-electron chi connectivity index (χ0n) is 15.1. The molecule has 2 heterocycles. The summed E-state index contributed by atoms with van der Waals surface area (Å²) in [4.78, 5) is 12.2. The molecule has 23 heavy (non-hydrogen) atoms. The second-order valence-corrected chi connectivity index (χ2v) is 8.08. The summed E-state index contributed by atoms with van der Waals surface area (Å²) in [5.41, 5.74) is -0.930. The zero-order valence-corrected chi connectivity index (χ0v) is 15.1. The molecule has 0 aliphatic carbocycles. The summed E-state index contributed by atoms with van der Waals surface area (Å²) in [5, 5.41) is 2.89. The van der Waals surface area contributed by atoms with Crippen LogP contribution in [-0.4, -0.2) is 47.9 Å². The van der Waals surface area contributed by atoms with E-state index in [4.69, 9.17) is 18.9 Å². The molecular formula is C17H29NO5. The SMILES string of the molecule is CC(C)(C)OC(=O)N[C@@H]([C@H]1C=CC(C)(C)O1)[C@H]1COC(C)(C)O1. The number of rotatable bonds is 3. The lowest BCUT2D eigenvalue weighted by Crippen LogP contribution is -2.53. The predicted octanol–water partition coefficient (Wildman–Crippen LogP) is 2.76. The van der Waals surface area contributed by atoms with Crippen LogP contribution in [0.4, 0.5) is 4.79 Å². The van der Waals surface area contributed by atoms with E-state index >= 15 is 0 Å². The standard InChI is InChI=1S/C17H29NO5/c1-15(2,3)23-14(19)18-13(11-8-9-16(4,5)21-11)12-10-20-17(6,7)22-12/h8-9,11-13H,10H2,1-7H3,(H,18,19)/t11-,12-,13+/m1/s1. The summed E-state index contributed by atoms with van der Waals surface area (Å²) in [6.07, 6.45) is 2.86. The van der Waals surface area contributed by atoms with Gasteiger partial charge in [0.15, 0.2) is 5.79 Å². The predicted molar refractivity (Wildman–Crippen MR) is 86.2 cm³/mol. The lowest BCUT2D eigenvalue weighted by Gasteiger charge is -2.31. The van der Waals surface area contributed by atoms with Crippen molar-refractivity contribution in [3.05, 3.63) is 12.2 Å². The second-order valence-electron chi connectivity index (χ2n) is 8.08. The highest BCUT2D eigenvalue weighted by atomic mass is 16.7. The van der Waals surface area contributed by atoms with Gasteiger partial charge in [0, 0.05) is 0 Å². The Morgan fingerprint density at radius 3 is 2.35 bits per heavy atom. The summed E-state index contributed by atoms with van der Waals surface area (Å²) < 4.78 is 22.9. The van der Waals surface area contributed by atoms with Crippen LogP contribution in [0.25, 0.3) is 0 Å². The van der Waals surface area contributed by atoms with Crippen molar-refractivity contribution in [2.75, 3.05) is 6.61 Å². The number of amides is 1. The van der Waals surface area contributed by atoms with Crippen LogP contribution in [-0.2, 0) is 18.9 Å². The largest absolute Gasteiger partial charge is 0.444 e. The van der Waals surface area contributed by atoms with Crippen molar-refractivity contribution in [3.63, 3.8) is 0 Å². The van der Waals surface area contributed by atoms with Crippen molar-refractivity contribution >= 4 is 6.09 Å². The van der Waals surface area contributed by atoms with Crippen LogP contribution in [0, 0.1) is 0 Å². The third-order valence-electron chi connectivity index (χ3n) is 3.60. The Bertz CT molecular complexity index is 478. The topological polar surface area (TPSA) is 66.0 Å². The molecule has 1 N–H and O–H groups in total. The maximum Gasteiger partial charge on any atom is 0.408 e. The molecule has 3 atom stereocenters. The smallest absolute Gasteiger partial charge is 0.408 e. The molecule has 0 aromatic rings. The molecule has 132 valence electrons. The molecule has 0 spiro atoms. The Morgan fingerprint density at radius 2 is 1.91 bits per heavy atom. The van der Waals surface area contributed by atoms with Crippen LogP contribution in [0.5, 0.6) is 0 Å². The molecule has 0 aromatic carbocycles. The molecule has 1 amide bonds. The van der Waals surface area contributed by atoms with Crippen molar-refractivity contribution in [1.82, 2.24) is 5.32 Å². The summed E-state index contributed by atoms with van der Waals surface area (Å²) >= 11 is 0. The molecule has 0 radical (unpaired) electrons. The van der Waals surface area contributed by atoms with E-state index in [1.54, 1.807) is 0 Å². The van der Waals surface area contributed by atoms with Crippen LogP contribution >= 0.6 is 0 Å². The first-order valence-electron chi connectivity index (χ1n) is 8.05. The Morgan fingerprint density at radius 1 is 1.26 bits per heavy atom. The van der Waals surface area contributed by atoms with Gasteiger partial charge < -0.3 is 24.3 Å². The summed E-state index contributed by atoms with van der Waals surface area (Å²) in [7, 11) is 0. The van der Waals surface area contributed by atoms with Crippen LogP contribution in [0.15, 0.2) is 12.2 Å². The van der Waals surface area contributed by atoms with E-state index in [9.17, 15) is 4.79 Å². The zero-order chi connectivity index (χ0) is 17.5. The van der Waals surface area contributed by atoms with Crippen molar-refractivity contribution in [2.45, 2.75) is 83.7 Å². The third-order valence-corrected chi connectivity index (χ3v) is 3.60. The second kappa shape index (κ2) is 6.07. The fraction of sp³-hybridized carbons (Fsp3) is 0.824. The van der Waals surface area contributed by atoms with Crippen LogP contribution in [0.3, 0.4) is 0 Å². The van der Waals surface area contributed by atoms with Gasteiger partial charge in [-0.2, -0.15) is 0 Å². The van der Waals surface area contributed by atoms with Crippen LogP contribution in [0.1, 0.15) is 48.5 Å². The van der Waals surface area contributed by atoms with Gasteiger partial charge in [0.2, 0.25) is 0 Å². The Kier molecular flexibility index (Phi) is 4.81. The Hall–Kier alpha value is -1.11. The summed E-state index contributed by atoms with van der Waals surface area (Å²) in [5.74, 6) is -0.670. The number of alkyl carbamates (subject to hydrolysis) is 1. The third kappa shape index (κ3) is 5.19. The number of nitrogens with one attached hydrogen (secondary N) is 1. The molecule has 6 nitrogen and oxygen atoms in total. The number of hydrogen-bond donors (Lipinski definition) is 1. The van der Waals surface area contributed by atoms with Crippen LogP contribution in [0.2, 0.25) is 0 Å². The molecule has 2 aliphatic rings. The number of ether oxygens (including phenoxy) is 4. The first kappa shape index (κ1) is 18.2. The molecule has 0 saturated carbocycles. The average molecular weight is 327 g/mol. The van der Waals surface area contributed by atoms with Gasteiger partial charge in [-0.05, 0) is 48.5 Å². The number of hydrogen-bond acceptors (Lipinski definition) is 5. The highest BCUT2D eigenvalue weighted by molar-refractivity contribution is 5.68. The van der Waals surface area contributed by atoms with Gasteiger partial charge in [-0.1, -0.05) is 12.2 Å². The minimum Gasteiger partial charge on any atom is -0.444 e. The molecule has 2 rings (SSSR count). The minimum atomic E-state index is -0.670. The maximum absolute atomic E-state index is 12.2. The highest BCUT2D eigenvalue weighted by Gasteiger charge is 2.44. The molecule has 0 bridgehead atoms. The highest BCUT2D eigenvalue weighted by Crippen LogP contribution is 2.30. The molecule has 1 fully saturated rings. The average Bonchev–Trinajstić information content (AvgIpc) is 2.86. The van der Waals surface area contributed by atoms with Gasteiger partial charge in [0.25, 0.3) is 0 Å². The minimum absolute atomic E-state index is 0.292. The lowest BCUT2D eigenvalue weighted by atomic mass is 10.1. The Balaban J connectivity index is 2.10. The van der Waals surface area contributed by atoms with Gasteiger partial charge in [0.05, 0.1) is 24.4 Å². The molecule has 6 heteroatoms. The van der Waals surface area contributed by atoms with Crippen molar-refractivity contribution < 1.29 is 23.7 Å². The van der Waals surface area contributed by atoms with E-state index in [2.05, 4.69) is 5.32 Å². The van der Waals surface area contributed by atoms with E-state index in [1.165, 1.54) is 0 Å². The number of carbonyl (C=O) groups excluding carboxylic acids is 1. The normalized spacial score (nSPS) is 30.2. The number of carbonyl (C=O) groups is 1. The molecule has 0 aromatic heterocycles. The molecule has 0 unspecified atom stereocenters. The van der Waals surface area contributed by atoms with Gasteiger partial charge >= 0.3 is 6.09 Å². The molecule has 2 aliphatic heterocycles. The van der Waals surface area contributed by atoms with Crippen molar-refractivity contribution in [1.29, 1.82) is 0 Å². The van der Waals surface area contributed by atoms with E-state index in [0.717, 1.165) is 0 Å². The fourth-order valence-electron chi connectivity index (χ4n) is 2.67. The van der Waals surface area contributed by atoms with E-state index in [0.29, 0.717) is 6.61 Å². The van der Waals surface area contributed by atoms with Gasteiger partial charge in [-0.3, -0.25) is 0 Å². The summed E-state index contributed by atoms with van der Waals surface area (Å²) in [6, 6.07) is -0.385. The van der Waals surface area contributed by atoms with Crippen LogP contribution < -0.4 is 5.32 Å². The van der Waals surface area contributed by atoms with Crippen molar-refractivity contribution in [2.24, 2.45) is 0 Å². The van der Waals surface area contributed by atoms with Gasteiger partial charge in [0.1, 0.15) is 11.7 Å². The van der Waals surface area contributed by atoms with Gasteiger partial charge in [-0.15, -0.1) is 0 Å². The summed E-state index contributed by atoms with van der Waals surface area (Å²) in [6.45, 7) is 13.5. The quantitative estimate of drug-likeness (QED) is 0.808. The van der Waals surface area contributed by atoms with Crippen molar-refractivity contribution in [3.8, 4) is 0 Å². The van der Waals surface area contributed by atoms with E-state index in [-0.39, 0.29) is 23.9 Å². The fourth-order valence-corrected chi connectivity index (χ4v) is 2.67. The maximum atomic E-state index is 12.2. The lowest BCUT2D eigenvalue weighted by molar-refractivity contribution is -0.147. The molecule has 1 saturated heterocycles. The van der Waals surface area contributed by atoms with E-state index < -0.39 is 17.5 Å².